The number of sulfonamides is 1. The van der Waals surface area contributed by atoms with Gasteiger partial charge in [0.05, 0.1) is 21.7 Å². The van der Waals surface area contributed by atoms with Crippen LogP contribution >= 0.6 is 0 Å². The van der Waals surface area contributed by atoms with E-state index in [2.05, 4.69) is 4.72 Å². The molecule has 124 valence electrons. The zero-order valence-electron chi connectivity index (χ0n) is 12.5. The monoisotopic (exact) mass is 347 g/mol. The number of anilines is 1. The van der Waals surface area contributed by atoms with E-state index in [0.717, 1.165) is 0 Å². The Bertz CT molecular complexity index is 1110. The van der Waals surface area contributed by atoms with Gasteiger partial charge in [0.2, 0.25) is 0 Å². The lowest BCUT2D eigenvalue weighted by Gasteiger charge is -2.10. The molecule has 3 aromatic rings. The van der Waals surface area contributed by atoms with E-state index >= 15 is 0 Å². The minimum atomic E-state index is -3.99. The number of hydrogen-bond donors (Lipinski definition) is 2. The molecule has 0 bridgehead atoms. The maximum absolute atomic E-state index is 12.5. The highest BCUT2D eigenvalue weighted by molar-refractivity contribution is 7.92. The highest BCUT2D eigenvalue weighted by atomic mass is 32.2. The molecule has 0 saturated heterocycles. The Kier molecular flexibility index (Phi) is 3.64. The molecule has 0 aliphatic carbocycles. The van der Waals surface area contributed by atoms with Crippen LogP contribution in [0, 0.1) is 0 Å². The Hall–Kier alpha value is -3.07. The first kappa shape index (κ1) is 15.8. The van der Waals surface area contributed by atoms with Gasteiger partial charge in [-0.3, -0.25) is 14.1 Å². The fraction of sp³-hybridized carbons (Fsp3) is 0.0667. The summed E-state index contributed by atoms with van der Waals surface area (Å²) in [4.78, 5) is 22.8. The summed E-state index contributed by atoms with van der Waals surface area (Å²) >= 11 is 0. The van der Waals surface area contributed by atoms with E-state index < -0.39 is 21.7 Å². The van der Waals surface area contributed by atoms with Gasteiger partial charge in [-0.15, -0.1) is 0 Å². The molecular weight excluding hydrogens is 334 g/mol. The Labute approximate surface area is 136 Å². The molecule has 0 fully saturated rings. The normalized spacial score (nSPS) is 11.5. The molecule has 0 radical (unpaired) electrons. The molecule has 1 amide bonds. The summed E-state index contributed by atoms with van der Waals surface area (Å²) in [6, 6.07) is 10.0. The highest BCUT2D eigenvalue weighted by Gasteiger charge is 2.19. The summed E-state index contributed by atoms with van der Waals surface area (Å²) in [6.07, 6.45) is 0. The standard InChI is InChI=1S/C15H13N3O5S/c1-18-12-7-6-9(8-13(12)23-15(18)20)24(21,22)17-11-5-3-2-4-10(11)14(16)19/h2-8,17H,1H3,(H2,16,19). The second-order valence-corrected chi connectivity index (χ2v) is 6.75. The number of para-hydroxylation sites is 1. The van der Waals surface area contributed by atoms with E-state index in [-0.39, 0.29) is 21.7 Å². The van der Waals surface area contributed by atoms with Gasteiger partial charge in [0.15, 0.2) is 5.58 Å². The third-order valence-electron chi connectivity index (χ3n) is 3.51. The first-order valence-corrected chi connectivity index (χ1v) is 8.29. The largest absolute Gasteiger partial charge is 0.419 e. The Morgan fingerprint density at radius 1 is 1.21 bits per heavy atom. The van der Waals surface area contributed by atoms with Gasteiger partial charge < -0.3 is 10.2 Å². The van der Waals surface area contributed by atoms with Crippen molar-refractivity contribution in [2.75, 3.05) is 4.72 Å². The van der Waals surface area contributed by atoms with Gasteiger partial charge in [0.25, 0.3) is 15.9 Å². The number of carbonyl (C=O) groups is 1. The van der Waals surface area contributed by atoms with Gasteiger partial charge in [0, 0.05) is 13.1 Å². The summed E-state index contributed by atoms with van der Waals surface area (Å²) in [6.45, 7) is 0. The van der Waals surface area contributed by atoms with Gasteiger partial charge >= 0.3 is 5.76 Å². The zero-order valence-corrected chi connectivity index (χ0v) is 13.3. The molecule has 0 aliphatic rings. The Morgan fingerprint density at radius 3 is 2.62 bits per heavy atom. The van der Waals surface area contributed by atoms with Crippen LogP contribution < -0.4 is 16.2 Å². The molecule has 0 spiro atoms. The van der Waals surface area contributed by atoms with Gasteiger partial charge in [-0.1, -0.05) is 12.1 Å². The number of nitrogens with zero attached hydrogens (tertiary/aromatic N) is 1. The van der Waals surface area contributed by atoms with Crippen molar-refractivity contribution in [3.63, 3.8) is 0 Å². The zero-order chi connectivity index (χ0) is 17.5. The van der Waals surface area contributed by atoms with E-state index in [0.29, 0.717) is 5.52 Å². The van der Waals surface area contributed by atoms with Crippen LogP contribution in [0.2, 0.25) is 0 Å². The molecule has 1 aromatic heterocycles. The van der Waals surface area contributed by atoms with E-state index in [1.54, 1.807) is 12.1 Å². The lowest BCUT2D eigenvalue weighted by molar-refractivity contribution is 0.100. The number of carbonyl (C=O) groups excluding carboxylic acids is 1. The summed E-state index contributed by atoms with van der Waals surface area (Å²) in [5.41, 5.74) is 5.97. The van der Waals surface area contributed by atoms with Gasteiger partial charge in [-0.05, 0) is 24.3 Å². The second kappa shape index (κ2) is 5.53. The average molecular weight is 347 g/mol. The van der Waals surface area contributed by atoms with Crippen molar-refractivity contribution < 1.29 is 17.6 Å². The summed E-state index contributed by atoms with van der Waals surface area (Å²) in [7, 11) is -2.48. The maximum atomic E-state index is 12.5. The lowest BCUT2D eigenvalue weighted by Crippen LogP contribution is -2.18. The number of nitrogens with two attached hydrogens (primary N) is 1. The number of aryl methyl sites for hydroxylation is 1. The van der Waals surface area contributed by atoms with E-state index in [1.807, 2.05) is 0 Å². The SMILES string of the molecule is Cn1c(=O)oc2cc(S(=O)(=O)Nc3ccccc3C(N)=O)ccc21. The molecule has 24 heavy (non-hydrogen) atoms. The number of benzene rings is 2. The van der Waals surface area contributed by atoms with Crippen molar-refractivity contribution in [3.8, 4) is 0 Å². The molecule has 8 nitrogen and oxygen atoms in total. The van der Waals surface area contributed by atoms with Crippen LogP contribution in [0.4, 0.5) is 5.69 Å². The van der Waals surface area contributed by atoms with Crippen molar-refractivity contribution in [1.29, 1.82) is 0 Å². The van der Waals surface area contributed by atoms with Gasteiger partial charge in [-0.2, -0.15) is 0 Å². The molecule has 0 unspecified atom stereocenters. The average Bonchev–Trinajstić information content (AvgIpc) is 2.81. The third kappa shape index (κ3) is 2.65. The number of fused-ring (bicyclic) bond motifs is 1. The molecule has 3 rings (SSSR count). The third-order valence-corrected chi connectivity index (χ3v) is 4.87. The van der Waals surface area contributed by atoms with E-state index in [1.165, 1.54) is 41.9 Å². The molecule has 0 atom stereocenters. The van der Waals surface area contributed by atoms with Gasteiger partial charge in [-0.25, -0.2) is 13.2 Å². The maximum Gasteiger partial charge on any atom is 0.419 e. The van der Waals surface area contributed by atoms with Crippen molar-refractivity contribution >= 4 is 32.7 Å². The van der Waals surface area contributed by atoms with E-state index in [4.69, 9.17) is 10.2 Å². The molecule has 0 saturated carbocycles. The van der Waals surface area contributed by atoms with Crippen LogP contribution in [0.5, 0.6) is 0 Å². The van der Waals surface area contributed by atoms with Crippen LogP contribution in [0.3, 0.4) is 0 Å². The fourth-order valence-corrected chi connectivity index (χ4v) is 3.37. The first-order chi connectivity index (χ1) is 11.3. The predicted octanol–water partition coefficient (Wildman–Crippen LogP) is 1.03. The minimum Gasteiger partial charge on any atom is -0.408 e. The molecular formula is C15H13N3O5S. The predicted molar refractivity (Wildman–Crippen MR) is 87.2 cm³/mol. The van der Waals surface area contributed by atoms with Crippen LogP contribution in [0.25, 0.3) is 11.1 Å². The quantitative estimate of drug-likeness (QED) is 0.729. The van der Waals surface area contributed by atoms with E-state index in [9.17, 15) is 18.0 Å². The number of rotatable bonds is 4. The summed E-state index contributed by atoms with van der Waals surface area (Å²) in [5, 5.41) is 0. The van der Waals surface area contributed by atoms with Crippen molar-refractivity contribution in [3.05, 3.63) is 58.6 Å². The molecule has 1 heterocycles. The van der Waals surface area contributed by atoms with Crippen molar-refractivity contribution in [2.24, 2.45) is 12.8 Å². The molecule has 0 aliphatic heterocycles. The molecule has 2 aromatic carbocycles. The minimum absolute atomic E-state index is 0.0494. The molecule has 3 N–H and O–H groups in total. The van der Waals surface area contributed by atoms with Crippen LogP contribution in [-0.4, -0.2) is 18.9 Å². The van der Waals surface area contributed by atoms with Crippen LogP contribution in [0.15, 0.2) is 56.6 Å². The lowest BCUT2D eigenvalue weighted by atomic mass is 10.2. The molecule has 9 heteroatoms. The van der Waals surface area contributed by atoms with Crippen LogP contribution in [0.1, 0.15) is 10.4 Å². The Morgan fingerprint density at radius 2 is 1.92 bits per heavy atom. The van der Waals surface area contributed by atoms with Gasteiger partial charge in [0.1, 0.15) is 0 Å². The second-order valence-electron chi connectivity index (χ2n) is 5.07. The highest BCUT2D eigenvalue weighted by Crippen LogP contribution is 2.22. The van der Waals surface area contributed by atoms with Crippen molar-refractivity contribution in [1.82, 2.24) is 4.57 Å². The number of hydrogen-bond acceptors (Lipinski definition) is 5. The van der Waals surface area contributed by atoms with Crippen molar-refractivity contribution in [2.45, 2.75) is 4.90 Å². The fourth-order valence-electron chi connectivity index (χ4n) is 2.27. The number of nitrogens with one attached hydrogen (secondary N) is 1. The first-order valence-electron chi connectivity index (χ1n) is 6.81. The number of amides is 1. The Balaban J connectivity index is 2.05. The summed E-state index contributed by atoms with van der Waals surface area (Å²) < 4.78 is 33.6. The number of aromatic nitrogens is 1. The summed E-state index contributed by atoms with van der Waals surface area (Å²) in [5.74, 6) is -1.34. The smallest absolute Gasteiger partial charge is 0.408 e. The number of primary amides is 1. The number of oxazole rings is 1. The topological polar surface area (TPSA) is 124 Å². The van der Waals surface area contributed by atoms with Crippen LogP contribution in [-0.2, 0) is 17.1 Å².